The Morgan fingerprint density at radius 3 is 2.18 bits per heavy atom. The van der Waals surface area contributed by atoms with Crippen molar-refractivity contribution in [3.8, 4) is 12.3 Å². The molecule has 50 heavy (non-hydrogen) atoms. The van der Waals surface area contributed by atoms with Gasteiger partial charge in [-0.25, -0.2) is 4.98 Å². The number of aryl methyl sites for hydroxylation is 1. The number of aliphatic hydroxyl groups excluding tert-OH is 1. The number of rotatable bonds is 15. The van der Waals surface area contributed by atoms with Gasteiger partial charge in [-0.1, -0.05) is 5.92 Å². The Labute approximate surface area is 352 Å². The van der Waals surface area contributed by atoms with Crippen LogP contribution in [-0.2, 0) is 32.2 Å². The first-order chi connectivity index (χ1) is 22.4. The topological polar surface area (TPSA) is 248 Å². The normalized spacial score (nSPS) is 13.9. The van der Waals surface area contributed by atoms with Gasteiger partial charge in [-0.3, -0.25) is 14.4 Å². The molecule has 3 unspecified atom stereocenters. The van der Waals surface area contributed by atoms with Crippen molar-refractivity contribution in [2.45, 2.75) is 63.3 Å². The van der Waals surface area contributed by atoms with E-state index in [4.69, 9.17) is 6.42 Å². The number of hydrogen-bond donors (Lipinski definition) is 4. The third kappa shape index (κ3) is 11.6. The Bertz CT molecular complexity index is 1810. The van der Waals surface area contributed by atoms with Crippen molar-refractivity contribution in [3.63, 3.8) is 0 Å². The third-order valence-corrected chi connectivity index (χ3v) is 7.82. The summed E-state index contributed by atoms with van der Waals surface area (Å²) in [5, 5.41) is 47.6. The van der Waals surface area contributed by atoms with E-state index in [9.17, 15) is 49.2 Å². The van der Waals surface area contributed by atoms with Gasteiger partial charge in [0.2, 0.25) is 5.91 Å². The summed E-state index contributed by atoms with van der Waals surface area (Å²) in [4.78, 5) is 80.0. The average Bonchev–Trinajstić information content (AvgIpc) is 3.44. The van der Waals surface area contributed by atoms with Gasteiger partial charge in [0.1, 0.15) is 12.4 Å². The number of amides is 2. The number of carboxylic acids is 3. The number of hydrogen-bond acceptors (Lipinski definition) is 12. The molecule has 0 aliphatic heterocycles. The minimum Gasteiger partial charge on any atom is -0.550 e. The summed E-state index contributed by atoms with van der Waals surface area (Å²) in [6.45, 7) is -0.199. The number of carboxylic acid groups (broad SMARTS) is 3. The molecule has 4 N–H and O–H groups in total. The molecule has 1 heterocycles. The van der Waals surface area contributed by atoms with Crippen LogP contribution in [0.2, 0.25) is 0 Å². The third-order valence-electron chi connectivity index (χ3n) is 7.82. The van der Waals surface area contributed by atoms with Crippen LogP contribution < -0.4 is 125 Å². The van der Waals surface area contributed by atoms with Gasteiger partial charge < -0.3 is 55.3 Å². The van der Waals surface area contributed by atoms with Gasteiger partial charge in [0.15, 0.2) is 0 Å². The fourth-order valence-electron chi connectivity index (χ4n) is 5.50. The second-order valence-corrected chi connectivity index (χ2v) is 10.9. The van der Waals surface area contributed by atoms with Gasteiger partial charge in [-0.15, -0.1) is 6.42 Å². The number of aromatic amines is 1. The van der Waals surface area contributed by atoms with Crippen LogP contribution >= 0.6 is 0 Å². The standard InChI is InChI=1S/C32H33N5O10.3Na/c1-2-13-37(25-10-5-18-14-24-21(15-20(18)25)30(43)36-26(16-38)33-24)19-6-3-17(4-7-19)29(42)35-23(32(46)47)8-11-27(39)34-22(31(44)45)9-12-28(40)41;;;/h1,3-4,6-7,14-15,22-23,25,38H,5,8-13,16H2,(H,34,39)(H,35,42)(H,40,41)(H,44,45)(H,46,47)(H,33,36,43);;;/q;3*+1/p-3. The largest absolute Gasteiger partial charge is 1.00 e. The molecule has 0 spiro atoms. The molecule has 3 atom stereocenters. The van der Waals surface area contributed by atoms with E-state index in [2.05, 4.69) is 26.5 Å². The number of nitrogens with zero attached hydrogens (tertiary/aromatic N) is 2. The first-order valence-corrected chi connectivity index (χ1v) is 14.6. The summed E-state index contributed by atoms with van der Waals surface area (Å²) in [5.41, 5.74) is 2.73. The Morgan fingerprint density at radius 1 is 0.980 bits per heavy atom. The van der Waals surface area contributed by atoms with E-state index in [1.165, 1.54) is 12.1 Å². The van der Waals surface area contributed by atoms with Crippen molar-refractivity contribution in [1.82, 2.24) is 20.6 Å². The number of carbonyl (C=O) groups is 5. The van der Waals surface area contributed by atoms with Gasteiger partial charge in [-0.05, 0) is 79.6 Å². The van der Waals surface area contributed by atoms with Crippen molar-refractivity contribution in [3.05, 3.63) is 69.3 Å². The Hall–Kier alpha value is -2.75. The van der Waals surface area contributed by atoms with Gasteiger partial charge in [0.25, 0.3) is 11.5 Å². The maximum Gasteiger partial charge on any atom is 1.00 e. The zero-order valence-corrected chi connectivity index (χ0v) is 33.9. The first kappa shape index (κ1) is 45.3. The van der Waals surface area contributed by atoms with Crippen LogP contribution in [0.25, 0.3) is 10.9 Å². The van der Waals surface area contributed by atoms with E-state index >= 15 is 0 Å². The van der Waals surface area contributed by atoms with Crippen LogP contribution in [-0.4, -0.2) is 63.4 Å². The molecule has 0 radical (unpaired) electrons. The minimum atomic E-state index is -1.72. The second kappa shape index (κ2) is 20.9. The molecule has 0 saturated carbocycles. The smallest absolute Gasteiger partial charge is 0.550 e. The van der Waals surface area contributed by atoms with Crippen molar-refractivity contribution >= 4 is 46.3 Å². The summed E-state index contributed by atoms with van der Waals surface area (Å²) in [5.74, 6) is -3.78. The number of carbonyl (C=O) groups excluding carboxylic acids is 5. The Kier molecular flexibility index (Phi) is 19.0. The predicted octanol–water partition coefficient (Wildman–Crippen LogP) is -12.1. The Balaban J connectivity index is 0.00000417. The molecule has 2 aromatic carbocycles. The zero-order valence-electron chi connectivity index (χ0n) is 27.9. The number of terminal acetylenes is 1. The quantitative estimate of drug-likeness (QED) is 0.0847. The van der Waals surface area contributed by atoms with E-state index in [1.807, 2.05) is 11.0 Å². The van der Waals surface area contributed by atoms with E-state index in [0.29, 0.717) is 29.4 Å². The molecule has 0 fully saturated rings. The molecule has 1 aromatic heterocycles. The second-order valence-electron chi connectivity index (χ2n) is 10.9. The summed E-state index contributed by atoms with van der Waals surface area (Å²) < 4.78 is 0. The number of nitrogens with one attached hydrogen (secondary N) is 3. The molecule has 0 bridgehead atoms. The van der Waals surface area contributed by atoms with Crippen LogP contribution in [0.5, 0.6) is 0 Å². The maximum atomic E-state index is 12.9. The fraction of sp³-hybridized carbons (Fsp3) is 0.344. The van der Waals surface area contributed by atoms with Gasteiger partial charge in [0, 0.05) is 23.6 Å². The molecule has 15 nitrogen and oxygen atoms in total. The van der Waals surface area contributed by atoms with Gasteiger partial charge >= 0.3 is 88.7 Å². The molecule has 3 aromatic rings. The van der Waals surface area contributed by atoms with Crippen molar-refractivity contribution in [2.75, 3.05) is 11.4 Å². The van der Waals surface area contributed by atoms with Gasteiger partial charge in [-0.2, -0.15) is 0 Å². The average molecular weight is 714 g/mol. The number of aliphatic hydroxyl groups is 1. The van der Waals surface area contributed by atoms with E-state index in [1.54, 1.807) is 18.2 Å². The summed E-state index contributed by atoms with van der Waals surface area (Å²) >= 11 is 0. The number of aliphatic carboxylic acids is 3. The van der Waals surface area contributed by atoms with Crippen LogP contribution in [0.15, 0.2) is 41.2 Å². The maximum absolute atomic E-state index is 12.9. The van der Waals surface area contributed by atoms with Crippen LogP contribution in [0.1, 0.15) is 65.5 Å². The minimum absolute atomic E-state index is 0. The van der Waals surface area contributed by atoms with Gasteiger partial charge in [0.05, 0.1) is 47.5 Å². The summed E-state index contributed by atoms with van der Waals surface area (Å²) in [7, 11) is 0. The van der Waals surface area contributed by atoms with E-state index < -0.39 is 74.1 Å². The number of benzene rings is 2. The fourth-order valence-corrected chi connectivity index (χ4v) is 5.50. The molecule has 18 heteroatoms. The number of H-pyrrole nitrogens is 1. The first-order valence-electron chi connectivity index (χ1n) is 14.6. The summed E-state index contributed by atoms with van der Waals surface area (Å²) in [6.07, 6.45) is 4.97. The molecule has 2 amide bonds. The zero-order chi connectivity index (χ0) is 34.2. The van der Waals surface area contributed by atoms with Crippen molar-refractivity contribution in [2.24, 2.45) is 0 Å². The molecule has 0 saturated heterocycles. The predicted molar refractivity (Wildman–Crippen MR) is 159 cm³/mol. The molecule has 1 aliphatic rings. The molecule has 246 valence electrons. The molecule has 1 aliphatic carbocycles. The van der Waals surface area contributed by atoms with Crippen LogP contribution in [0.4, 0.5) is 5.69 Å². The van der Waals surface area contributed by atoms with E-state index in [0.717, 1.165) is 11.1 Å². The van der Waals surface area contributed by atoms with Crippen LogP contribution in [0.3, 0.4) is 0 Å². The molecular formula is C32H30N5Na3O10. The molecular weight excluding hydrogens is 683 g/mol. The van der Waals surface area contributed by atoms with Crippen LogP contribution in [0, 0.1) is 12.3 Å². The monoisotopic (exact) mass is 713 g/mol. The number of fused-ring (bicyclic) bond motifs is 2. The number of aromatic nitrogens is 2. The van der Waals surface area contributed by atoms with E-state index in [-0.39, 0.29) is 118 Å². The van der Waals surface area contributed by atoms with Crippen molar-refractivity contribution in [1.29, 1.82) is 0 Å². The van der Waals surface area contributed by atoms with Crippen molar-refractivity contribution < 1.29 is 133 Å². The number of anilines is 1. The Morgan fingerprint density at radius 2 is 1.60 bits per heavy atom. The SMILES string of the molecule is C#CCN(c1ccc(C(=O)NC(CCC(=O)NC(CCC(=O)[O-])C(=O)[O-])C(=O)[O-])cc1)C1CCc2cc3nc(CO)[nH]c(=O)c3cc21.[Na+].[Na+].[Na+]. The summed E-state index contributed by atoms with van der Waals surface area (Å²) in [6, 6.07) is 6.39. The molecule has 4 rings (SSSR count).